The Morgan fingerprint density at radius 2 is 1.57 bits per heavy atom. The number of likely N-dealkylation sites (tertiary alicyclic amines) is 1. The Morgan fingerprint density at radius 3 is 2.25 bits per heavy atom. The zero-order valence-electron chi connectivity index (χ0n) is 15.4. The molecule has 2 amide bonds. The number of nitrogens with zero attached hydrogens (tertiary/aromatic N) is 1. The van der Waals surface area contributed by atoms with Gasteiger partial charge in [-0.05, 0) is 61.5 Å². The van der Waals surface area contributed by atoms with Crippen molar-refractivity contribution in [2.45, 2.75) is 25.7 Å². The monoisotopic (exact) mass is 399 g/mol. The molecule has 1 saturated heterocycles. The van der Waals surface area contributed by atoms with E-state index in [9.17, 15) is 14.0 Å². The van der Waals surface area contributed by atoms with Crippen molar-refractivity contribution in [3.8, 4) is 0 Å². The van der Waals surface area contributed by atoms with Gasteiger partial charge in [-0.25, -0.2) is 4.39 Å². The molecule has 0 saturated carbocycles. The number of rotatable bonds is 3. The summed E-state index contributed by atoms with van der Waals surface area (Å²) in [6, 6.07) is 12.3. The van der Waals surface area contributed by atoms with Gasteiger partial charge in [-0.3, -0.25) is 14.9 Å². The fraction of sp³-hybridized carbons (Fsp3) is 0.286. The first-order valence-corrected chi connectivity index (χ1v) is 9.71. The molecule has 7 heteroatoms. The van der Waals surface area contributed by atoms with Gasteiger partial charge in [0.25, 0.3) is 11.8 Å². The number of carbonyl (C=O) groups excluding carboxylic acids is 2. The van der Waals surface area contributed by atoms with Crippen molar-refractivity contribution in [2.24, 2.45) is 0 Å². The lowest BCUT2D eigenvalue weighted by atomic mass is 10.1. The second-order valence-electron chi connectivity index (χ2n) is 6.67. The van der Waals surface area contributed by atoms with Gasteiger partial charge in [-0.15, -0.1) is 0 Å². The molecule has 0 spiro atoms. The highest BCUT2D eigenvalue weighted by molar-refractivity contribution is 7.80. The average molecular weight is 399 g/mol. The fourth-order valence-corrected chi connectivity index (χ4v) is 3.36. The summed E-state index contributed by atoms with van der Waals surface area (Å²) in [5.41, 5.74) is 1.35. The van der Waals surface area contributed by atoms with Crippen LogP contribution in [0.1, 0.15) is 46.4 Å². The van der Waals surface area contributed by atoms with Gasteiger partial charge >= 0.3 is 0 Å². The van der Waals surface area contributed by atoms with Crippen LogP contribution in [0.2, 0.25) is 0 Å². The maximum Gasteiger partial charge on any atom is 0.257 e. The van der Waals surface area contributed by atoms with Crippen molar-refractivity contribution in [1.29, 1.82) is 0 Å². The highest BCUT2D eigenvalue weighted by Crippen LogP contribution is 2.20. The number of amides is 2. The van der Waals surface area contributed by atoms with Crippen LogP contribution in [-0.2, 0) is 0 Å². The van der Waals surface area contributed by atoms with E-state index >= 15 is 0 Å². The summed E-state index contributed by atoms with van der Waals surface area (Å²) in [6.45, 7) is 1.50. The van der Waals surface area contributed by atoms with Crippen molar-refractivity contribution in [3.05, 3.63) is 65.5 Å². The van der Waals surface area contributed by atoms with Crippen LogP contribution in [0, 0.1) is 5.82 Å². The summed E-state index contributed by atoms with van der Waals surface area (Å²) in [6.07, 6.45) is 4.30. The summed E-state index contributed by atoms with van der Waals surface area (Å²) in [4.78, 5) is 27.0. The first-order valence-electron chi connectivity index (χ1n) is 9.31. The van der Waals surface area contributed by atoms with Gasteiger partial charge in [0.1, 0.15) is 5.82 Å². The molecule has 28 heavy (non-hydrogen) atoms. The third-order valence-corrected chi connectivity index (χ3v) is 4.84. The molecule has 0 bridgehead atoms. The van der Waals surface area contributed by atoms with Gasteiger partial charge in [0.05, 0.1) is 11.3 Å². The lowest BCUT2D eigenvalue weighted by Gasteiger charge is -2.22. The topological polar surface area (TPSA) is 61.4 Å². The maximum atomic E-state index is 13.0. The molecule has 1 heterocycles. The summed E-state index contributed by atoms with van der Waals surface area (Å²) in [5.74, 6) is -0.912. The molecule has 0 aliphatic carbocycles. The number of hydrogen-bond acceptors (Lipinski definition) is 3. The number of para-hydroxylation sites is 1. The second-order valence-corrected chi connectivity index (χ2v) is 7.08. The molecule has 0 aromatic heterocycles. The van der Waals surface area contributed by atoms with Crippen molar-refractivity contribution < 1.29 is 14.0 Å². The first-order chi connectivity index (χ1) is 13.5. The molecule has 3 rings (SSSR count). The SMILES string of the molecule is O=C(NC(=S)Nc1ccccc1C(=O)N1CCCCCC1)c1ccc(F)cc1. The number of hydrogen-bond donors (Lipinski definition) is 2. The van der Waals surface area contributed by atoms with Gasteiger partial charge in [0.2, 0.25) is 0 Å². The lowest BCUT2D eigenvalue weighted by Crippen LogP contribution is -2.36. The van der Waals surface area contributed by atoms with E-state index < -0.39 is 11.7 Å². The Labute approximate surface area is 168 Å². The molecular formula is C21H22FN3O2S. The quantitative estimate of drug-likeness (QED) is 0.767. The first kappa shape index (κ1) is 19.9. The van der Waals surface area contributed by atoms with Gasteiger partial charge in [-0.2, -0.15) is 0 Å². The molecule has 146 valence electrons. The molecule has 0 radical (unpaired) electrons. The fourth-order valence-electron chi connectivity index (χ4n) is 3.15. The normalized spacial score (nSPS) is 14.1. The van der Waals surface area contributed by atoms with E-state index in [1.54, 1.807) is 24.3 Å². The number of thiocarbonyl (C=S) groups is 1. The largest absolute Gasteiger partial charge is 0.339 e. The van der Waals surface area contributed by atoms with Crippen LogP contribution >= 0.6 is 12.2 Å². The van der Waals surface area contributed by atoms with Crippen molar-refractivity contribution >= 4 is 34.8 Å². The maximum absolute atomic E-state index is 13.0. The summed E-state index contributed by atoms with van der Waals surface area (Å²) >= 11 is 5.22. The Hall–Kier alpha value is -2.80. The van der Waals surface area contributed by atoms with Crippen LogP contribution in [0.5, 0.6) is 0 Å². The third-order valence-electron chi connectivity index (χ3n) is 4.63. The summed E-state index contributed by atoms with van der Waals surface area (Å²) < 4.78 is 13.0. The molecule has 2 N–H and O–H groups in total. The van der Waals surface area contributed by atoms with Crippen LogP contribution < -0.4 is 10.6 Å². The van der Waals surface area contributed by atoms with Crippen LogP contribution in [0.4, 0.5) is 10.1 Å². The van der Waals surface area contributed by atoms with E-state index in [2.05, 4.69) is 10.6 Å². The van der Waals surface area contributed by atoms with Crippen LogP contribution in [-0.4, -0.2) is 34.9 Å². The molecule has 0 unspecified atom stereocenters. The zero-order chi connectivity index (χ0) is 19.9. The molecule has 2 aromatic rings. The van der Waals surface area contributed by atoms with E-state index in [1.807, 2.05) is 4.90 Å². The summed E-state index contributed by atoms with van der Waals surface area (Å²) in [7, 11) is 0. The van der Waals surface area contributed by atoms with Gasteiger partial charge < -0.3 is 10.2 Å². The van der Waals surface area contributed by atoms with E-state index in [1.165, 1.54) is 24.3 Å². The molecular weight excluding hydrogens is 377 g/mol. The minimum absolute atomic E-state index is 0.0438. The van der Waals surface area contributed by atoms with Gasteiger partial charge in [0.15, 0.2) is 5.11 Å². The molecule has 2 aromatic carbocycles. The van der Waals surface area contributed by atoms with Gasteiger partial charge in [-0.1, -0.05) is 25.0 Å². The van der Waals surface area contributed by atoms with E-state index in [4.69, 9.17) is 12.2 Å². The minimum Gasteiger partial charge on any atom is -0.339 e. The van der Waals surface area contributed by atoms with Crippen LogP contribution in [0.25, 0.3) is 0 Å². The molecule has 1 fully saturated rings. The molecule has 1 aliphatic heterocycles. The highest BCUT2D eigenvalue weighted by atomic mass is 32.1. The Bertz CT molecular complexity index is 862. The Kier molecular flexibility index (Phi) is 6.71. The average Bonchev–Trinajstić information content (AvgIpc) is 2.98. The third kappa shape index (κ3) is 5.13. The number of nitrogens with one attached hydrogen (secondary N) is 2. The highest BCUT2D eigenvalue weighted by Gasteiger charge is 2.20. The number of halogens is 1. The van der Waals surface area contributed by atoms with E-state index in [0.29, 0.717) is 16.8 Å². The number of anilines is 1. The standard InChI is InChI=1S/C21H22FN3O2S/c22-16-11-9-15(10-12-16)19(26)24-21(28)23-18-8-4-3-7-17(18)20(27)25-13-5-1-2-6-14-25/h3-4,7-12H,1-2,5-6,13-14H2,(H2,23,24,26,28). The molecule has 5 nitrogen and oxygen atoms in total. The minimum atomic E-state index is -0.450. The predicted octanol–water partition coefficient (Wildman–Crippen LogP) is 3.97. The zero-order valence-corrected chi connectivity index (χ0v) is 16.2. The Balaban J connectivity index is 1.68. The van der Waals surface area contributed by atoms with Crippen LogP contribution in [0.15, 0.2) is 48.5 Å². The second kappa shape index (κ2) is 9.41. The summed E-state index contributed by atoms with van der Waals surface area (Å²) in [5, 5.41) is 5.56. The lowest BCUT2D eigenvalue weighted by molar-refractivity contribution is 0.0762. The Morgan fingerprint density at radius 1 is 0.929 bits per heavy atom. The number of carbonyl (C=O) groups is 2. The van der Waals surface area contributed by atoms with Crippen molar-refractivity contribution in [3.63, 3.8) is 0 Å². The smallest absolute Gasteiger partial charge is 0.257 e. The predicted molar refractivity (Wildman–Crippen MR) is 111 cm³/mol. The molecule has 0 atom stereocenters. The van der Waals surface area contributed by atoms with Crippen molar-refractivity contribution in [1.82, 2.24) is 10.2 Å². The van der Waals surface area contributed by atoms with Crippen molar-refractivity contribution in [2.75, 3.05) is 18.4 Å². The van der Waals surface area contributed by atoms with E-state index in [-0.39, 0.29) is 11.0 Å². The van der Waals surface area contributed by atoms with Gasteiger partial charge in [0, 0.05) is 18.7 Å². The van der Waals surface area contributed by atoms with E-state index in [0.717, 1.165) is 38.8 Å². The van der Waals surface area contributed by atoms with Crippen LogP contribution in [0.3, 0.4) is 0 Å². The molecule has 1 aliphatic rings. The number of benzene rings is 2.